The van der Waals surface area contributed by atoms with E-state index in [1.807, 2.05) is 39.8 Å². The van der Waals surface area contributed by atoms with E-state index in [1.165, 1.54) is 0 Å². The van der Waals surface area contributed by atoms with Gasteiger partial charge in [0.05, 0.1) is 39.9 Å². The molecule has 35 heavy (non-hydrogen) atoms. The molecule has 0 radical (unpaired) electrons. The second-order valence-electron chi connectivity index (χ2n) is 10.7. The SMILES string of the molecule is CCCNC(=O)[C@@H]1[C@H]2C(=O)N([C@@H](CO)C(C)C)C(C(=O)Nc3c(C)cccc3Cl)C23CC[C@@]1(C)S3. The summed E-state index contributed by atoms with van der Waals surface area (Å²) >= 11 is 8.04. The minimum atomic E-state index is -0.814. The zero-order chi connectivity index (χ0) is 25.7. The van der Waals surface area contributed by atoms with Crippen LogP contribution in [0.3, 0.4) is 0 Å². The summed E-state index contributed by atoms with van der Waals surface area (Å²) in [5.74, 6) is -1.84. The number of carbonyl (C=O) groups excluding carboxylic acids is 3. The van der Waals surface area contributed by atoms with Gasteiger partial charge in [-0.3, -0.25) is 14.4 Å². The average Bonchev–Trinajstić information content (AvgIpc) is 3.36. The number of thioether (sulfide) groups is 1. The van der Waals surface area contributed by atoms with Gasteiger partial charge in [-0.2, -0.15) is 0 Å². The quantitative estimate of drug-likeness (QED) is 0.485. The summed E-state index contributed by atoms with van der Waals surface area (Å²) in [5.41, 5.74) is 1.35. The van der Waals surface area contributed by atoms with E-state index in [1.54, 1.807) is 22.7 Å². The van der Waals surface area contributed by atoms with E-state index in [4.69, 9.17) is 11.6 Å². The first kappa shape index (κ1) is 26.3. The number of aliphatic hydroxyl groups is 1. The number of para-hydroxylation sites is 1. The van der Waals surface area contributed by atoms with Crippen LogP contribution >= 0.6 is 23.4 Å². The second kappa shape index (κ2) is 9.60. The number of carbonyl (C=O) groups is 3. The molecule has 0 aromatic heterocycles. The smallest absolute Gasteiger partial charge is 0.248 e. The lowest BCUT2D eigenvalue weighted by atomic mass is 9.66. The third-order valence-corrected chi connectivity index (χ3v) is 10.4. The Morgan fingerprint density at radius 2 is 2.00 bits per heavy atom. The van der Waals surface area contributed by atoms with E-state index in [2.05, 4.69) is 17.6 Å². The van der Waals surface area contributed by atoms with Gasteiger partial charge >= 0.3 is 0 Å². The molecule has 3 fully saturated rings. The van der Waals surface area contributed by atoms with Gasteiger partial charge in [0.1, 0.15) is 6.04 Å². The maximum absolute atomic E-state index is 14.1. The molecule has 4 rings (SSSR count). The van der Waals surface area contributed by atoms with E-state index in [9.17, 15) is 19.5 Å². The second-order valence-corrected chi connectivity index (χ2v) is 13.0. The van der Waals surface area contributed by atoms with E-state index in [-0.39, 0.29) is 30.2 Å². The molecule has 6 atom stereocenters. The number of nitrogens with zero attached hydrogens (tertiary/aromatic N) is 1. The van der Waals surface area contributed by atoms with Crippen LogP contribution < -0.4 is 10.6 Å². The normalized spacial score (nSPS) is 32.2. The molecule has 7 nitrogen and oxygen atoms in total. The molecule has 3 saturated heterocycles. The van der Waals surface area contributed by atoms with E-state index in [0.29, 0.717) is 23.7 Å². The molecule has 9 heteroatoms. The fraction of sp³-hybridized carbons (Fsp3) is 0.654. The average molecular weight is 522 g/mol. The molecular weight excluding hydrogens is 486 g/mol. The largest absolute Gasteiger partial charge is 0.394 e. The molecule has 2 bridgehead atoms. The van der Waals surface area contributed by atoms with Gasteiger partial charge in [0.15, 0.2) is 0 Å². The van der Waals surface area contributed by atoms with Gasteiger partial charge in [-0.05, 0) is 50.7 Å². The number of hydrogen-bond donors (Lipinski definition) is 3. The minimum absolute atomic E-state index is 0.0679. The Hall–Kier alpha value is -1.77. The molecule has 3 amide bonds. The van der Waals surface area contributed by atoms with Crippen molar-refractivity contribution in [3.8, 4) is 0 Å². The maximum atomic E-state index is 14.1. The minimum Gasteiger partial charge on any atom is -0.394 e. The Morgan fingerprint density at radius 1 is 1.29 bits per heavy atom. The van der Waals surface area contributed by atoms with Crippen LogP contribution in [0.2, 0.25) is 5.02 Å². The predicted octanol–water partition coefficient (Wildman–Crippen LogP) is 3.61. The summed E-state index contributed by atoms with van der Waals surface area (Å²) in [7, 11) is 0. The van der Waals surface area contributed by atoms with Crippen molar-refractivity contribution >= 4 is 46.8 Å². The molecule has 1 aromatic rings. The number of likely N-dealkylation sites (tertiary alicyclic amines) is 1. The standard InChI is InChI=1S/C26H36ClN3O4S/c1-6-12-28-22(32)18-19-24(34)30(17(13-31)14(2)3)21(26(19)11-10-25(18,5)35-26)23(33)29-20-15(4)8-7-9-16(20)27/h7-9,14,17-19,21,31H,6,10-13H2,1-5H3,(H,28,32)(H,29,33)/t17-,18-,19-,21?,25+,26?/m0/s1. The highest BCUT2D eigenvalue weighted by molar-refractivity contribution is 8.02. The van der Waals surface area contributed by atoms with Crippen molar-refractivity contribution in [3.63, 3.8) is 0 Å². The number of halogens is 1. The van der Waals surface area contributed by atoms with Crippen LogP contribution in [0, 0.1) is 24.7 Å². The van der Waals surface area contributed by atoms with E-state index in [0.717, 1.165) is 18.4 Å². The van der Waals surface area contributed by atoms with Gasteiger partial charge < -0.3 is 20.6 Å². The first-order valence-corrected chi connectivity index (χ1v) is 13.7. The number of fused-ring (bicyclic) bond motifs is 1. The lowest BCUT2D eigenvalue weighted by Crippen LogP contribution is -2.56. The molecule has 0 aliphatic carbocycles. The number of aliphatic hydroxyl groups excluding tert-OH is 1. The van der Waals surface area contributed by atoms with Crippen LogP contribution in [0.4, 0.5) is 5.69 Å². The Morgan fingerprint density at radius 3 is 2.60 bits per heavy atom. The Bertz CT molecular complexity index is 1020. The zero-order valence-corrected chi connectivity index (χ0v) is 22.6. The van der Waals surface area contributed by atoms with Crippen LogP contribution in [-0.4, -0.2) is 62.5 Å². The highest BCUT2D eigenvalue weighted by Crippen LogP contribution is 2.71. The number of rotatable bonds is 8. The van der Waals surface area contributed by atoms with Crippen molar-refractivity contribution in [1.82, 2.24) is 10.2 Å². The maximum Gasteiger partial charge on any atom is 0.248 e. The summed E-state index contributed by atoms with van der Waals surface area (Å²) in [4.78, 5) is 43.1. The van der Waals surface area contributed by atoms with Gasteiger partial charge in [-0.25, -0.2) is 0 Å². The molecule has 0 saturated carbocycles. The van der Waals surface area contributed by atoms with Crippen LogP contribution in [0.15, 0.2) is 18.2 Å². The first-order chi connectivity index (χ1) is 16.5. The molecule has 1 aromatic carbocycles. The molecule has 3 N–H and O–H groups in total. The lowest BCUT2D eigenvalue weighted by molar-refractivity contribution is -0.143. The van der Waals surface area contributed by atoms with Crippen molar-refractivity contribution in [3.05, 3.63) is 28.8 Å². The topological polar surface area (TPSA) is 98.7 Å². The summed E-state index contributed by atoms with van der Waals surface area (Å²) in [6.45, 7) is 10.1. The fourth-order valence-electron chi connectivity index (χ4n) is 6.38. The lowest BCUT2D eigenvalue weighted by Gasteiger charge is -2.38. The van der Waals surface area contributed by atoms with Crippen molar-refractivity contribution in [2.75, 3.05) is 18.5 Å². The molecule has 3 aliphatic rings. The molecular formula is C26H36ClN3O4S. The molecule has 192 valence electrons. The fourth-order valence-corrected chi connectivity index (χ4v) is 8.99. The van der Waals surface area contributed by atoms with E-state index < -0.39 is 33.4 Å². The third-order valence-electron chi connectivity index (χ3n) is 8.08. The summed E-state index contributed by atoms with van der Waals surface area (Å²) in [6.07, 6.45) is 2.22. The van der Waals surface area contributed by atoms with Crippen molar-refractivity contribution in [2.24, 2.45) is 17.8 Å². The summed E-state index contributed by atoms with van der Waals surface area (Å²) in [5, 5.41) is 16.7. The highest BCUT2D eigenvalue weighted by Gasteiger charge is 2.77. The molecule has 1 spiro atoms. The van der Waals surface area contributed by atoms with Crippen molar-refractivity contribution in [1.29, 1.82) is 0 Å². The highest BCUT2D eigenvalue weighted by atomic mass is 35.5. The number of amides is 3. The number of benzene rings is 1. The Balaban J connectivity index is 1.79. The monoisotopic (exact) mass is 521 g/mol. The van der Waals surface area contributed by atoms with Gasteiger partial charge in [0, 0.05) is 11.3 Å². The van der Waals surface area contributed by atoms with Gasteiger partial charge in [-0.1, -0.05) is 44.5 Å². The third kappa shape index (κ3) is 4.05. The van der Waals surface area contributed by atoms with Crippen LogP contribution in [0.1, 0.15) is 52.5 Å². The first-order valence-electron chi connectivity index (χ1n) is 12.5. The molecule has 2 unspecified atom stereocenters. The van der Waals surface area contributed by atoms with Gasteiger partial charge in [-0.15, -0.1) is 11.8 Å². The zero-order valence-electron chi connectivity index (χ0n) is 21.1. The van der Waals surface area contributed by atoms with Gasteiger partial charge in [0.25, 0.3) is 0 Å². The number of aryl methyl sites for hydroxylation is 1. The summed E-state index contributed by atoms with van der Waals surface area (Å²) in [6, 6.07) is 4.07. The number of anilines is 1. The predicted molar refractivity (Wildman–Crippen MR) is 139 cm³/mol. The Labute approximate surface area is 216 Å². The Kier molecular flexibility index (Phi) is 7.21. The summed E-state index contributed by atoms with van der Waals surface area (Å²) < 4.78 is -1.16. The van der Waals surface area contributed by atoms with Crippen LogP contribution in [-0.2, 0) is 14.4 Å². The van der Waals surface area contributed by atoms with Crippen molar-refractivity contribution in [2.45, 2.75) is 75.5 Å². The molecule has 3 heterocycles. The van der Waals surface area contributed by atoms with Crippen molar-refractivity contribution < 1.29 is 19.5 Å². The number of hydrogen-bond acceptors (Lipinski definition) is 5. The van der Waals surface area contributed by atoms with Crippen LogP contribution in [0.5, 0.6) is 0 Å². The van der Waals surface area contributed by atoms with Crippen LogP contribution in [0.25, 0.3) is 0 Å². The number of nitrogens with one attached hydrogen (secondary N) is 2. The molecule has 3 aliphatic heterocycles. The van der Waals surface area contributed by atoms with E-state index >= 15 is 0 Å². The van der Waals surface area contributed by atoms with Gasteiger partial charge in [0.2, 0.25) is 17.7 Å².